The maximum atomic E-state index is 14.8. The molecule has 0 aromatic heterocycles. The molecule has 2 fully saturated rings. The molecule has 0 radical (unpaired) electrons. The van der Waals surface area contributed by atoms with E-state index in [1.54, 1.807) is 7.11 Å². The van der Waals surface area contributed by atoms with E-state index in [1.165, 1.54) is 12.1 Å². The van der Waals surface area contributed by atoms with Gasteiger partial charge in [-0.2, -0.15) is 0 Å². The number of amides is 1. The number of likely N-dealkylation sites (tertiary alicyclic amines) is 2. The fourth-order valence-corrected chi connectivity index (χ4v) is 6.06. The van der Waals surface area contributed by atoms with E-state index in [2.05, 4.69) is 25.7 Å². The molecule has 1 unspecified atom stereocenters. The van der Waals surface area contributed by atoms with Gasteiger partial charge in [-0.3, -0.25) is 9.69 Å². The summed E-state index contributed by atoms with van der Waals surface area (Å²) >= 11 is 0. The average molecular weight is 537 g/mol. The molecule has 2 saturated heterocycles. The zero-order valence-corrected chi connectivity index (χ0v) is 23.3. The van der Waals surface area contributed by atoms with Crippen molar-refractivity contribution in [3.63, 3.8) is 0 Å². The summed E-state index contributed by atoms with van der Waals surface area (Å²) in [5, 5.41) is 11.8. The van der Waals surface area contributed by atoms with Crippen LogP contribution in [0.5, 0.6) is 5.75 Å². The van der Waals surface area contributed by atoms with Crippen LogP contribution < -0.4 is 4.74 Å². The molecular formula is C29H39ClF2N2O3. The first-order chi connectivity index (χ1) is 16.9. The molecule has 4 rings (SSSR count). The molecule has 0 saturated carbocycles. The molecule has 0 bridgehead atoms. The molecule has 5 nitrogen and oxygen atoms in total. The highest BCUT2D eigenvalue weighted by Gasteiger charge is 2.50. The maximum absolute atomic E-state index is 14.8. The zero-order chi connectivity index (χ0) is 26.4. The van der Waals surface area contributed by atoms with Crippen molar-refractivity contribution >= 4 is 18.3 Å². The van der Waals surface area contributed by atoms with Gasteiger partial charge in [0.25, 0.3) is 0 Å². The Kier molecular flexibility index (Phi) is 8.62. The van der Waals surface area contributed by atoms with Crippen LogP contribution in [0, 0.1) is 29.4 Å². The summed E-state index contributed by atoms with van der Waals surface area (Å²) in [6.07, 6.45) is 0. The lowest BCUT2D eigenvalue weighted by atomic mass is 9.70. The van der Waals surface area contributed by atoms with Crippen molar-refractivity contribution in [2.45, 2.75) is 51.7 Å². The third-order valence-electron chi connectivity index (χ3n) is 8.30. The third kappa shape index (κ3) is 5.50. The average Bonchev–Trinajstić information content (AvgIpc) is 3.27. The molecule has 2 aliphatic rings. The first-order valence-corrected chi connectivity index (χ1v) is 12.7. The highest BCUT2D eigenvalue weighted by atomic mass is 35.5. The summed E-state index contributed by atoms with van der Waals surface area (Å²) in [6, 6.07) is 11.1. The monoisotopic (exact) mass is 536 g/mol. The van der Waals surface area contributed by atoms with Crippen molar-refractivity contribution < 1.29 is 23.4 Å². The molecule has 37 heavy (non-hydrogen) atoms. The number of carbonyl (C=O) groups is 1. The van der Waals surface area contributed by atoms with Crippen molar-refractivity contribution in [3.05, 3.63) is 65.2 Å². The Bertz CT molecular complexity index is 1090. The van der Waals surface area contributed by atoms with Crippen LogP contribution in [0.4, 0.5) is 8.78 Å². The largest absolute Gasteiger partial charge is 0.497 e. The van der Waals surface area contributed by atoms with E-state index in [9.17, 15) is 18.7 Å². The molecule has 1 amide bonds. The summed E-state index contributed by atoms with van der Waals surface area (Å²) in [5.74, 6) is -1.78. The second kappa shape index (κ2) is 10.9. The van der Waals surface area contributed by atoms with Gasteiger partial charge in [-0.1, -0.05) is 32.0 Å². The minimum absolute atomic E-state index is 0. The van der Waals surface area contributed by atoms with Gasteiger partial charge < -0.3 is 14.7 Å². The van der Waals surface area contributed by atoms with Gasteiger partial charge in [0.05, 0.1) is 18.6 Å². The normalized spacial score (nSPS) is 28.6. The SMILES string of the molecule is COc1ccc(C2(O)[C@H](C)CN(C(=O)[C@@H]3CN(C(C)(C)C)C[C@H]3c3ccc(F)cc3F)C[C@@H]2C)cc1.Cl. The number of benzene rings is 2. The molecule has 2 aromatic carbocycles. The number of rotatable bonds is 4. The van der Waals surface area contributed by atoms with Gasteiger partial charge in [0.1, 0.15) is 17.4 Å². The summed E-state index contributed by atoms with van der Waals surface area (Å²) < 4.78 is 33.7. The number of hydrogen-bond acceptors (Lipinski definition) is 4. The Hall–Kier alpha value is -2.22. The predicted octanol–water partition coefficient (Wildman–Crippen LogP) is 5.21. The summed E-state index contributed by atoms with van der Waals surface area (Å²) in [4.78, 5) is 18.0. The Morgan fingerprint density at radius 2 is 1.59 bits per heavy atom. The van der Waals surface area contributed by atoms with E-state index in [0.717, 1.165) is 17.4 Å². The highest BCUT2D eigenvalue weighted by molar-refractivity contribution is 5.85. The standard InChI is InChI=1S/C29H38F2N2O3.ClH/c1-18-14-32(15-19(2)29(18,35)20-7-10-22(36-6)11-8-20)27(34)25-17-33(28(3,4)5)16-24(25)23-12-9-21(30)13-26(23)31;/h7-13,18-19,24-25,35H,14-17H2,1-6H3;1H/t18-,19+,24-,25+,29?;/m0./s1. The highest BCUT2D eigenvalue weighted by Crippen LogP contribution is 2.44. The number of piperidine rings is 1. The second-order valence-corrected chi connectivity index (χ2v) is 11.6. The number of methoxy groups -OCH3 is 1. The van der Waals surface area contributed by atoms with Gasteiger partial charge in [0.15, 0.2) is 0 Å². The van der Waals surface area contributed by atoms with Gasteiger partial charge in [0.2, 0.25) is 5.91 Å². The van der Waals surface area contributed by atoms with E-state index >= 15 is 0 Å². The predicted molar refractivity (Wildman–Crippen MR) is 143 cm³/mol. The lowest BCUT2D eigenvalue weighted by molar-refractivity contribution is -0.152. The smallest absolute Gasteiger partial charge is 0.227 e. The zero-order valence-electron chi connectivity index (χ0n) is 22.5. The lowest BCUT2D eigenvalue weighted by Gasteiger charge is -2.48. The molecular weight excluding hydrogens is 498 g/mol. The summed E-state index contributed by atoms with van der Waals surface area (Å²) in [6.45, 7) is 12.0. The van der Waals surface area contributed by atoms with Crippen LogP contribution in [-0.2, 0) is 10.4 Å². The molecule has 5 atom stereocenters. The second-order valence-electron chi connectivity index (χ2n) is 11.6. The van der Waals surface area contributed by atoms with Gasteiger partial charge in [-0.25, -0.2) is 8.78 Å². The van der Waals surface area contributed by atoms with E-state index in [0.29, 0.717) is 31.7 Å². The fraction of sp³-hybridized carbons (Fsp3) is 0.552. The van der Waals surface area contributed by atoms with E-state index in [1.807, 2.05) is 43.0 Å². The topological polar surface area (TPSA) is 53.0 Å². The minimum Gasteiger partial charge on any atom is -0.497 e. The van der Waals surface area contributed by atoms with Crippen molar-refractivity contribution in [2.24, 2.45) is 17.8 Å². The van der Waals surface area contributed by atoms with Crippen LogP contribution >= 0.6 is 12.4 Å². The van der Waals surface area contributed by atoms with Gasteiger partial charge in [-0.15, -0.1) is 12.4 Å². The van der Waals surface area contributed by atoms with Crippen LogP contribution in [0.25, 0.3) is 0 Å². The minimum atomic E-state index is -1.08. The number of hydrogen-bond donors (Lipinski definition) is 1. The van der Waals surface area contributed by atoms with Crippen LogP contribution in [0.2, 0.25) is 0 Å². The van der Waals surface area contributed by atoms with E-state index in [4.69, 9.17) is 4.74 Å². The summed E-state index contributed by atoms with van der Waals surface area (Å²) in [7, 11) is 1.61. The molecule has 2 heterocycles. The number of carbonyl (C=O) groups excluding carboxylic acids is 1. The van der Waals surface area contributed by atoms with Crippen molar-refractivity contribution in [3.8, 4) is 5.75 Å². The van der Waals surface area contributed by atoms with E-state index < -0.39 is 23.2 Å². The van der Waals surface area contributed by atoms with Crippen LogP contribution in [-0.4, -0.2) is 59.6 Å². The first-order valence-electron chi connectivity index (χ1n) is 12.7. The van der Waals surface area contributed by atoms with Crippen LogP contribution in [0.3, 0.4) is 0 Å². The third-order valence-corrected chi connectivity index (χ3v) is 8.30. The van der Waals surface area contributed by atoms with Crippen molar-refractivity contribution in [1.29, 1.82) is 0 Å². The Morgan fingerprint density at radius 3 is 2.11 bits per heavy atom. The Labute approximate surface area is 225 Å². The molecule has 204 valence electrons. The Balaban J connectivity index is 0.00000380. The van der Waals surface area contributed by atoms with Gasteiger partial charge >= 0.3 is 0 Å². The molecule has 1 N–H and O–H groups in total. The number of nitrogens with zero attached hydrogens (tertiary/aromatic N) is 2. The maximum Gasteiger partial charge on any atom is 0.227 e. The number of ether oxygens (including phenoxy) is 1. The van der Waals surface area contributed by atoms with E-state index in [-0.39, 0.29) is 41.6 Å². The summed E-state index contributed by atoms with van der Waals surface area (Å²) in [5.41, 5.74) is -0.0877. The van der Waals surface area contributed by atoms with Crippen LogP contribution in [0.1, 0.15) is 51.7 Å². The fourth-order valence-electron chi connectivity index (χ4n) is 6.06. The number of aliphatic hydroxyl groups is 1. The molecule has 2 aromatic rings. The Morgan fingerprint density at radius 1 is 1.00 bits per heavy atom. The molecule has 2 aliphatic heterocycles. The molecule has 0 spiro atoms. The van der Waals surface area contributed by atoms with Crippen molar-refractivity contribution in [2.75, 3.05) is 33.3 Å². The first kappa shape index (κ1) is 29.3. The lowest BCUT2D eigenvalue weighted by Crippen LogP contribution is -2.57. The van der Waals surface area contributed by atoms with Gasteiger partial charge in [0, 0.05) is 55.5 Å². The number of halogens is 3. The molecule has 8 heteroatoms. The van der Waals surface area contributed by atoms with Gasteiger partial charge in [-0.05, 0) is 50.1 Å². The quantitative estimate of drug-likeness (QED) is 0.583. The van der Waals surface area contributed by atoms with Crippen molar-refractivity contribution in [1.82, 2.24) is 9.80 Å². The molecule has 0 aliphatic carbocycles. The van der Waals surface area contributed by atoms with Crippen LogP contribution in [0.15, 0.2) is 42.5 Å².